The van der Waals surface area contributed by atoms with Crippen molar-refractivity contribution < 1.29 is 14.3 Å². The predicted octanol–water partition coefficient (Wildman–Crippen LogP) is 3.29. The molecule has 0 saturated carbocycles. The molecule has 2 rings (SSSR count). The molecule has 0 radical (unpaired) electrons. The minimum Gasteiger partial charge on any atom is -0.465 e. The molecule has 0 unspecified atom stereocenters. The highest BCUT2D eigenvalue weighted by Gasteiger charge is 2.03. The Morgan fingerprint density at radius 2 is 2.06 bits per heavy atom. The Hall–Kier alpha value is -2.43. The van der Waals surface area contributed by atoms with Gasteiger partial charge in [0.05, 0.1) is 0 Å². The zero-order valence-electron chi connectivity index (χ0n) is 9.64. The molecule has 5 heteroatoms. The number of nitrogens with one attached hydrogen (secondary N) is 1. The van der Waals surface area contributed by atoms with Crippen LogP contribution in [0.1, 0.15) is 5.56 Å². The van der Waals surface area contributed by atoms with Crippen LogP contribution in [0.4, 0.5) is 15.0 Å². The highest BCUT2D eigenvalue weighted by atomic mass is 19.1. The smallest absolute Gasteiger partial charge is 0.410 e. The summed E-state index contributed by atoms with van der Waals surface area (Å²) in [6.45, 7) is 1.81. The van der Waals surface area contributed by atoms with Gasteiger partial charge in [0.2, 0.25) is 0 Å². The van der Waals surface area contributed by atoms with Crippen molar-refractivity contribution in [2.75, 3.05) is 5.32 Å². The minimum atomic E-state index is -1.17. The van der Waals surface area contributed by atoms with Gasteiger partial charge < -0.3 is 5.11 Å². The molecule has 0 aliphatic rings. The molecule has 2 N–H and O–H groups in total. The third-order valence-corrected chi connectivity index (χ3v) is 2.37. The topological polar surface area (TPSA) is 62.2 Å². The van der Waals surface area contributed by atoms with Gasteiger partial charge in [-0.25, -0.2) is 14.2 Å². The summed E-state index contributed by atoms with van der Waals surface area (Å²) in [5, 5.41) is 10.7. The lowest BCUT2D eigenvalue weighted by Gasteiger charge is -2.05. The number of aromatic nitrogens is 1. The van der Waals surface area contributed by atoms with Gasteiger partial charge in [0.1, 0.15) is 11.6 Å². The molecule has 2 aromatic rings. The molecule has 0 bridgehead atoms. The number of halogens is 1. The van der Waals surface area contributed by atoms with Gasteiger partial charge in [-0.05, 0) is 42.3 Å². The third-order valence-electron chi connectivity index (χ3n) is 2.37. The van der Waals surface area contributed by atoms with Crippen molar-refractivity contribution in [3.8, 4) is 11.1 Å². The van der Waals surface area contributed by atoms with Crippen LogP contribution in [0, 0.1) is 12.7 Å². The molecule has 4 nitrogen and oxygen atoms in total. The maximum atomic E-state index is 13.3. The number of anilines is 1. The van der Waals surface area contributed by atoms with Gasteiger partial charge in [-0.2, -0.15) is 0 Å². The lowest BCUT2D eigenvalue weighted by Crippen LogP contribution is -2.08. The Morgan fingerprint density at radius 1 is 1.28 bits per heavy atom. The van der Waals surface area contributed by atoms with E-state index in [2.05, 4.69) is 10.3 Å². The summed E-state index contributed by atoms with van der Waals surface area (Å²) in [6, 6.07) is 7.91. The van der Waals surface area contributed by atoms with E-state index in [0.29, 0.717) is 5.56 Å². The number of aryl methyl sites for hydroxylation is 1. The molecule has 0 aliphatic heterocycles. The fourth-order valence-corrected chi connectivity index (χ4v) is 1.65. The largest absolute Gasteiger partial charge is 0.465 e. The molecule has 18 heavy (non-hydrogen) atoms. The Morgan fingerprint density at radius 3 is 2.61 bits per heavy atom. The fraction of sp³-hybridized carbons (Fsp3) is 0.0769. The maximum Gasteiger partial charge on any atom is 0.410 e. The molecule has 0 spiro atoms. The van der Waals surface area contributed by atoms with Crippen molar-refractivity contribution in [2.24, 2.45) is 0 Å². The van der Waals surface area contributed by atoms with E-state index in [1.165, 1.54) is 24.4 Å². The van der Waals surface area contributed by atoms with E-state index in [1.807, 2.05) is 6.07 Å². The van der Waals surface area contributed by atoms with Crippen molar-refractivity contribution in [1.82, 2.24) is 4.98 Å². The molecule has 0 saturated heterocycles. The van der Waals surface area contributed by atoms with E-state index in [1.54, 1.807) is 13.0 Å². The first-order valence-electron chi connectivity index (χ1n) is 5.28. The summed E-state index contributed by atoms with van der Waals surface area (Å²) in [6.07, 6.45) is 0.330. The van der Waals surface area contributed by atoms with E-state index >= 15 is 0 Å². The molecule has 92 valence electrons. The van der Waals surface area contributed by atoms with E-state index in [-0.39, 0.29) is 11.6 Å². The zero-order valence-corrected chi connectivity index (χ0v) is 9.64. The molecular formula is C13H11FN2O2. The summed E-state index contributed by atoms with van der Waals surface area (Å²) < 4.78 is 13.3. The first kappa shape index (κ1) is 12.0. The standard InChI is InChI=1S/C13H11FN2O2/c1-8-4-10(6-11(14)5-8)9-2-3-12(15-7-9)16-13(17)18/h2-7H,1H3,(H,15,16)(H,17,18). The van der Waals surface area contributed by atoms with Gasteiger partial charge >= 0.3 is 6.09 Å². The lowest BCUT2D eigenvalue weighted by molar-refractivity contribution is 0.209. The van der Waals surface area contributed by atoms with Gasteiger partial charge in [-0.15, -0.1) is 0 Å². The van der Waals surface area contributed by atoms with Crippen molar-refractivity contribution in [3.05, 3.63) is 47.9 Å². The Labute approximate surface area is 103 Å². The number of rotatable bonds is 2. The SMILES string of the molecule is Cc1cc(F)cc(-c2ccc(NC(=O)O)nc2)c1. The lowest BCUT2D eigenvalue weighted by atomic mass is 10.1. The quantitative estimate of drug-likeness (QED) is 0.854. The van der Waals surface area contributed by atoms with Crippen molar-refractivity contribution in [1.29, 1.82) is 0 Å². The number of benzene rings is 1. The maximum absolute atomic E-state index is 13.3. The Balaban J connectivity index is 2.31. The highest BCUT2D eigenvalue weighted by molar-refractivity contribution is 5.81. The number of carboxylic acid groups (broad SMARTS) is 1. The second kappa shape index (κ2) is 4.83. The van der Waals surface area contributed by atoms with Crippen molar-refractivity contribution >= 4 is 11.9 Å². The molecule has 0 atom stereocenters. The first-order valence-corrected chi connectivity index (χ1v) is 5.28. The van der Waals surface area contributed by atoms with Crippen LogP contribution in [0.2, 0.25) is 0 Å². The third kappa shape index (κ3) is 2.82. The van der Waals surface area contributed by atoms with Gasteiger partial charge in [0.15, 0.2) is 0 Å². The average molecular weight is 246 g/mol. The fourth-order valence-electron chi connectivity index (χ4n) is 1.65. The average Bonchev–Trinajstić information content (AvgIpc) is 2.27. The van der Waals surface area contributed by atoms with Crippen LogP contribution in [0.5, 0.6) is 0 Å². The molecule has 0 fully saturated rings. The molecule has 1 aromatic heterocycles. The van der Waals surface area contributed by atoms with Gasteiger partial charge in [-0.1, -0.05) is 6.07 Å². The van der Waals surface area contributed by atoms with E-state index < -0.39 is 6.09 Å². The van der Waals surface area contributed by atoms with Crippen LogP contribution in [0.3, 0.4) is 0 Å². The number of carbonyl (C=O) groups is 1. The van der Waals surface area contributed by atoms with Crippen LogP contribution in [0.25, 0.3) is 11.1 Å². The van der Waals surface area contributed by atoms with Crippen molar-refractivity contribution in [2.45, 2.75) is 6.92 Å². The van der Waals surface area contributed by atoms with Gasteiger partial charge in [0, 0.05) is 11.8 Å². The predicted molar refractivity (Wildman–Crippen MR) is 66.0 cm³/mol. The summed E-state index contributed by atoms with van der Waals surface area (Å²) >= 11 is 0. The van der Waals surface area contributed by atoms with E-state index in [4.69, 9.17) is 5.11 Å². The Kier molecular flexibility index (Phi) is 3.23. The number of hydrogen-bond donors (Lipinski definition) is 2. The number of hydrogen-bond acceptors (Lipinski definition) is 2. The zero-order chi connectivity index (χ0) is 13.1. The summed E-state index contributed by atoms with van der Waals surface area (Å²) in [7, 11) is 0. The molecule has 1 heterocycles. The normalized spacial score (nSPS) is 10.1. The molecule has 1 amide bonds. The van der Waals surface area contributed by atoms with E-state index in [0.717, 1.165) is 11.1 Å². The monoisotopic (exact) mass is 246 g/mol. The van der Waals surface area contributed by atoms with Crippen LogP contribution < -0.4 is 5.32 Å². The first-order chi connectivity index (χ1) is 8.54. The summed E-state index contributed by atoms with van der Waals surface area (Å²) in [4.78, 5) is 14.4. The van der Waals surface area contributed by atoms with Gasteiger partial charge in [0.25, 0.3) is 0 Å². The second-order valence-electron chi connectivity index (χ2n) is 3.88. The number of pyridine rings is 1. The van der Waals surface area contributed by atoms with Gasteiger partial charge in [-0.3, -0.25) is 5.32 Å². The minimum absolute atomic E-state index is 0.236. The van der Waals surface area contributed by atoms with E-state index in [9.17, 15) is 9.18 Å². The van der Waals surface area contributed by atoms with Crippen LogP contribution >= 0.6 is 0 Å². The van der Waals surface area contributed by atoms with Crippen LogP contribution in [0.15, 0.2) is 36.5 Å². The highest BCUT2D eigenvalue weighted by Crippen LogP contribution is 2.22. The van der Waals surface area contributed by atoms with Crippen LogP contribution in [-0.4, -0.2) is 16.2 Å². The molecule has 1 aromatic carbocycles. The molecular weight excluding hydrogens is 235 g/mol. The van der Waals surface area contributed by atoms with Crippen molar-refractivity contribution in [3.63, 3.8) is 0 Å². The second-order valence-corrected chi connectivity index (χ2v) is 3.88. The van der Waals surface area contributed by atoms with Crippen LogP contribution in [-0.2, 0) is 0 Å². The summed E-state index contributed by atoms with van der Waals surface area (Å²) in [5.74, 6) is -0.0721. The summed E-state index contributed by atoms with van der Waals surface area (Å²) in [5.41, 5.74) is 2.26. The number of nitrogens with zero attached hydrogens (tertiary/aromatic N) is 1. The Bertz CT molecular complexity index is 562. The molecule has 0 aliphatic carbocycles. The number of amides is 1.